The number of carbonyl (C=O) groups excluding carboxylic acids is 1. The SMILES string of the molecule is CCC1CC(=O)N(Cc2ccc(N)c3cccnc23)C1. The zero-order chi connectivity index (χ0) is 14.1. The highest BCUT2D eigenvalue weighted by Crippen LogP contribution is 2.27. The van der Waals surface area contributed by atoms with Crippen LogP contribution >= 0.6 is 0 Å². The average molecular weight is 269 g/mol. The zero-order valence-electron chi connectivity index (χ0n) is 11.7. The third-order valence-corrected chi connectivity index (χ3v) is 4.12. The molecule has 0 bridgehead atoms. The van der Waals surface area contributed by atoms with E-state index >= 15 is 0 Å². The van der Waals surface area contributed by atoms with Crippen LogP contribution in [0, 0.1) is 5.92 Å². The van der Waals surface area contributed by atoms with Gasteiger partial charge in [0.2, 0.25) is 5.91 Å². The monoisotopic (exact) mass is 269 g/mol. The Balaban J connectivity index is 1.92. The van der Waals surface area contributed by atoms with Gasteiger partial charge in [-0.05, 0) is 29.7 Å². The maximum absolute atomic E-state index is 12.0. The summed E-state index contributed by atoms with van der Waals surface area (Å²) in [6.07, 6.45) is 3.51. The standard InChI is InChI=1S/C16H19N3O/c1-2-11-8-15(20)19(9-11)10-12-5-6-14(17)13-4-3-7-18-16(12)13/h3-7,11H,2,8-10,17H2,1H3. The minimum absolute atomic E-state index is 0.248. The maximum Gasteiger partial charge on any atom is 0.223 e. The van der Waals surface area contributed by atoms with E-state index in [2.05, 4.69) is 11.9 Å². The first-order valence-corrected chi connectivity index (χ1v) is 7.09. The van der Waals surface area contributed by atoms with E-state index < -0.39 is 0 Å². The summed E-state index contributed by atoms with van der Waals surface area (Å²) in [6.45, 7) is 3.62. The molecule has 0 spiro atoms. The fraction of sp³-hybridized carbons (Fsp3) is 0.375. The number of likely N-dealkylation sites (tertiary alicyclic amines) is 1. The number of anilines is 1. The summed E-state index contributed by atoms with van der Waals surface area (Å²) in [4.78, 5) is 18.4. The van der Waals surface area contributed by atoms with Crippen LogP contribution < -0.4 is 5.73 Å². The van der Waals surface area contributed by atoms with Crippen LogP contribution in [-0.4, -0.2) is 22.3 Å². The van der Waals surface area contributed by atoms with Crippen molar-refractivity contribution in [2.24, 2.45) is 5.92 Å². The molecule has 1 amide bonds. The highest BCUT2D eigenvalue weighted by Gasteiger charge is 2.28. The summed E-state index contributed by atoms with van der Waals surface area (Å²) in [6, 6.07) is 7.74. The van der Waals surface area contributed by atoms with Gasteiger partial charge in [-0.15, -0.1) is 0 Å². The van der Waals surface area contributed by atoms with Crippen LogP contribution in [0.4, 0.5) is 5.69 Å². The van der Waals surface area contributed by atoms with E-state index in [9.17, 15) is 4.79 Å². The van der Waals surface area contributed by atoms with Crippen molar-refractivity contribution >= 4 is 22.5 Å². The summed E-state index contributed by atoms with van der Waals surface area (Å²) in [5, 5.41) is 0.962. The summed E-state index contributed by atoms with van der Waals surface area (Å²) >= 11 is 0. The molecule has 0 saturated carbocycles. The van der Waals surface area contributed by atoms with Crippen molar-refractivity contribution in [3.63, 3.8) is 0 Å². The van der Waals surface area contributed by atoms with Crippen molar-refractivity contribution in [1.29, 1.82) is 0 Å². The second kappa shape index (κ2) is 5.12. The van der Waals surface area contributed by atoms with Crippen molar-refractivity contribution in [3.05, 3.63) is 36.0 Å². The number of carbonyl (C=O) groups is 1. The molecule has 0 radical (unpaired) electrons. The number of aromatic nitrogens is 1. The van der Waals surface area contributed by atoms with Crippen LogP contribution in [0.1, 0.15) is 25.3 Å². The van der Waals surface area contributed by atoms with Gasteiger partial charge in [0, 0.05) is 36.8 Å². The summed E-state index contributed by atoms with van der Waals surface area (Å²) in [7, 11) is 0. The molecule has 104 valence electrons. The lowest BCUT2D eigenvalue weighted by atomic mass is 10.1. The van der Waals surface area contributed by atoms with Gasteiger partial charge < -0.3 is 10.6 Å². The molecule has 1 fully saturated rings. The number of hydrogen-bond donors (Lipinski definition) is 1. The van der Waals surface area contributed by atoms with Crippen LogP contribution in [0.5, 0.6) is 0 Å². The van der Waals surface area contributed by atoms with E-state index in [1.807, 2.05) is 29.2 Å². The van der Waals surface area contributed by atoms with Crippen LogP contribution in [-0.2, 0) is 11.3 Å². The molecule has 2 N–H and O–H groups in total. The number of hydrogen-bond acceptors (Lipinski definition) is 3. The Bertz CT molecular complexity index is 653. The zero-order valence-corrected chi connectivity index (χ0v) is 11.7. The lowest BCUT2D eigenvalue weighted by Gasteiger charge is -2.18. The minimum Gasteiger partial charge on any atom is -0.398 e. The van der Waals surface area contributed by atoms with Crippen molar-refractivity contribution in [2.75, 3.05) is 12.3 Å². The van der Waals surface area contributed by atoms with E-state index in [4.69, 9.17) is 5.73 Å². The molecule has 1 unspecified atom stereocenters. The third kappa shape index (κ3) is 2.22. The maximum atomic E-state index is 12.0. The fourth-order valence-electron chi connectivity index (χ4n) is 2.87. The fourth-order valence-corrected chi connectivity index (χ4v) is 2.87. The number of nitrogens with two attached hydrogens (primary N) is 1. The molecule has 1 aromatic heterocycles. The van der Waals surface area contributed by atoms with Crippen molar-refractivity contribution < 1.29 is 4.79 Å². The number of rotatable bonds is 3. The normalized spacial score (nSPS) is 18.9. The molecule has 1 aliphatic rings. The van der Waals surface area contributed by atoms with Crippen molar-refractivity contribution in [2.45, 2.75) is 26.3 Å². The Morgan fingerprint density at radius 3 is 3.00 bits per heavy atom. The molecule has 1 atom stereocenters. The first-order valence-electron chi connectivity index (χ1n) is 7.09. The number of nitrogen functional groups attached to an aromatic ring is 1. The molecule has 1 aliphatic heterocycles. The Labute approximate surface area is 118 Å². The predicted octanol–water partition coefficient (Wildman–Crippen LogP) is 2.58. The highest BCUT2D eigenvalue weighted by atomic mass is 16.2. The topological polar surface area (TPSA) is 59.2 Å². The number of pyridine rings is 1. The second-order valence-corrected chi connectivity index (χ2v) is 5.47. The van der Waals surface area contributed by atoms with Crippen LogP contribution in [0.2, 0.25) is 0 Å². The van der Waals surface area contributed by atoms with Gasteiger partial charge in [-0.1, -0.05) is 19.4 Å². The Hall–Kier alpha value is -2.10. The first-order chi connectivity index (χ1) is 9.69. The van der Waals surface area contributed by atoms with Gasteiger partial charge in [0.15, 0.2) is 0 Å². The van der Waals surface area contributed by atoms with Gasteiger partial charge in [-0.2, -0.15) is 0 Å². The van der Waals surface area contributed by atoms with Gasteiger partial charge in [0.25, 0.3) is 0 Å². The van der Waals surface area contributed by atoms with E-state index in [0.29, 0.717) is 18.9 Å². The van der Waals surface area contributed by atoms with E-state index in [0.717, 1.165) is 35.1 Å². The summed E-state index contributed by atoms with van der Waals surface area (Å²) in [5.41, 5.74) is 8.69. The van der Waals surface area contributed by atoms with E-state index in [-0.39, 0.29) is 5.91 Å². The van der Waals surface area contributed by atoms with E-state index in [1.165, 1.54) is 0 Å². The van der Waals surface area contributed by atoms with Crippen LogP contribution in [0.3, 0.4) is 0 Å². The Kier molecular flexibility index (Phi) is 3.30. The number of amides is 1. The molecular formula is C16H19N3O. The largest absolute Gasteiger partial charge is 0.398 e. The lowest BCUT2D eigenvalue weighted by molar-refractivity contribution is -0.128. The smallest absolute Gasteiger partial charge is 0.223 e. The molecule has 4 heteroatoms. The summed E-state index contributed by atoms with van der Waals surface area (Å²) in [5.74, 6) is 0.744. The van der Waals surface area contributed by atoms with Crippen LogP contribution in [0.25, 0.3) is 10.9 Å². The molecule has 1 aromatic carbocycles. The van der Waals surface area contributed by atoms with Gasteiger partial charge in [0.05, 0.1) is 5.52 Å². The number of fused-ring (bicyclic) bond motifs is 1. The Morgan fingerprint density at radius 1 is 1.40 bits per heavy atom. The molecule has 3 rings (SSSR count). The minimum atomic E-state index is 0.248. The molecule has 4 nitrogen and oxygen atoms in total. The molecule has 1 saturated heterocycles. The highest BCUT2D eigenvalue weighted by molar-refractivity contribution is 5.92. The van der Waals surface area contributed by atoms with Gasteiger partial charge in [-0.3, -0.25) is 9.78 Å². The number of benzene rings is 1. The van der Waals surface area contributed by atoms with Gasteiger partial charge in [-0.25, -0.2) is 0 Å². The van der Waals surface area contributed by atoms with Crippen molar-refractivity contribution in [3.8, 4) is 0 Å². The summed E-state index contributed by atoms with van der Waals surface area (Å²) < 4.78 is 0. The van der Waals surface area contributed by atoms with Crippen LogP contribution in [0.15, 0.2) is 30.5 Å². The van der Waals surface area contributed by atoms with Crippen molar-refractivity contribution in [1.82, 2.24) is 9.88 Å². The molecule has 2 heterocycles. The molecule has 0 aliphatic carbocycles. The second-order valence-electron chi connectivity index (χ2n) is 5.47. The van der Waals surface area contributed by atoms with Gasteiger partial charge in [0.1, 0.15) is 0 Å². The van der Waals surface area contributed by atoms with Gasteiger partial charge >= 0.3 is 0 Å². The molecule has 2 aromatic rings. The number of nitrogens with zero attached hydrogens (tertiary/aromatic N) is 2. The lowest BCUT2D eigenvalue weighted by Crippen LogP contribution is -2.24. The average Bonchev–Trinajstić information content (AvgIpc) is 2.83. The quantitative estimate of drug-likeness (QED) is 0.871. The first kappa shape index (κ1) is 12.9. The molecule has 20 heavy (non-hydrogen) atoms. The Morgan fingerprint density at radius 2 is 2.25 bits per heavy atom. The molecular weight excluding hydrogens is 250 g/mol. The third-order valence-electron chi connectivity index (χ3n) is 4.12. The predicted molar refractivity (Wildman–Crippen MR) is 80.0 cm³/mol. The van der Waals surface area contributed by atoms with E-state index in [1.54, 1.807) is 6.20 Å².